The molecule has 1 aromatic heterocycles. The van der Waals surface area contributed by atoms with Crippen molar-refractivity contribution < 1.29 is 19.0 Å². The van der Waals surface area contributed by atoms with E-state index >= 15 is 0 Å². The molecule has 0 radical (unpaired) electrons. The molecule has 3 heterocycles. The molecule has 138 valence electrons. The quantitative estimate of drug-likeness (QED) is 0.840. The SMILES string of the molecule is COc1ccc(-n2ccc(C(=O)N3CCCCC3C3OCCO3)n2)cc1. The van der Waals surface area contributed by atoms with Gasteiger partial charge in [0.2, 0.25) is 0 Å². The van der Waals surface area contributed by atoms with Gasteiger partial charge in [-0.2, -0.15) is 5.10 Å². The first kappa shape index (κ1) is 17.1. The summed E-state index contributed by atoms with van der Waals surface area (Å²) in [4.78, 5) is 14.9. The van der Waals surface area contributed by atoms with Crippen molar-refractivity contribution in [3.8, 4) is 11.4 Å². The number of hydrogen-bond donors (Lipinski definition) is 0. The summed E-state index contributed by atoms with van der Waals surface area (Å²) < 4.78 is 18.2. The molecule has 0 saturated carbocycles. The maximum absolute atomic E-state index is 13.0. The number of rotatable bonds is 4. The molecule has 0 aliphatic carbocycles. The van der Waals surface area contributed by atoms with Crippen molar-refractivity contribution in [3.63, 3.8) is 0 Å². The zero-order chi connectivity index (χ0) is 17.9. The molecule has 1 unspecified atom stereocenters. The van der Waals surface area contributed by atoms with E-state index in [0.29, 0.717) is 25.5 Å². The lowest BCUT2D eigenvalue weighted by Crippen LogP contribution is -2.50. The molecule has 0 spiro atoms. The van der Waals surface area contributed by atoms with E-state index in [1.807, 2.05) is 29.2 Å². The Hall–Kier alpha value is -2.38. The first-order valence-corrected chi connectivity index (χ1v) is 9.00. The Kier molecular flexibility index (Phi) is 4.90. The lowest BCUT2D eigenvalue weighted by atomic mass is 10.0. The summed E-state index contributed by atoms with van der Waals surface area (Å²) in [6, 6.07) is 9.27. The van der Waals surface area contributed by atoms with Gasteiger partial charge < -0.3 is 19.1 Å². The minimum Gasteiger partial charge on any atom is -0.497 e. The molecule has 2 saturated heterocycles. The van der Waals surface area contributed by atoms with Gasteiger partial charge in [0.15, 0.2) is 12.0 Å². The Morgan fingerprint density at radius 3 is 2.65 bits per heavy atom. The highest BCUT2D eigenvalue weighted by molar-refractivity contribution is 5.92. The molecule has 1 amide bonds. The summed E-state index contributed by atoms with van der Waals surface area (Å²) in [6.07, 6.45) is 4.46. The maximum atomic E-state index is 13.0. The van der Waals surface area contributed by atoms with Gasteiger partial charge in [0.05, 0.1) is 32.1 Å². The van der Waals surface area contributed by atoms with Crippen LogP contribution >= 0.6 is 0 Å². The average Bonchev–Trinajstić information content (AvgIpc) is 3.40. The van der Waals surface area contributed by atoms with Gasteiger partial charge in [0.1, 0.15) is 5.75 Å². The van der Waals surface area contributed by atoms with Gasteiger partial charge in [-0.25, -0.2) is 4.68 Å². The summed E-state index contributed by atoms with van der Waals surface area (Å²) in [5.41, 5.74) is 1.31. The molecule has 2 aromatic rings. The third-order valence-electron chi connectivity index (χ3n) is 4.92. The number of carbonyl (C=O) groups excluding carboxylic acids is 1. The fourth-order valence-corrected chi connectivity index (χ4v) is 3.56. The number of benzene rings is 1. The van der Waals surface area contributed by atoms with E-state index in [-0.39, 0.29) is 18.2 Å². The van der Waals surface area contributed by atoms with Crippen LogP contribution < -0.4 is 4.74 Å². The lowest BCUT2D eigenvalue weighted by Gasteiger charge is -2.37. The molecule has 1 aromatic carbocycles. The summed E-state index contributed by atoms with van der Waals surface area (Å²) >= 11 is 0. The number of piperidine rings is 1. The van der Waals surface area contributed by atoms with Crippen molar-refractivity contribution in [2.24, 2.45) is 0 Å². The number of carbonyl (C=O) groups is 1. The van der Waals surface area contributed by atoms with E-state index in [4.69, 9.17) is 14.2 Å². The Balaban J connectivity index is 1.52. The average molecular weight is 357 g/mol. The van der Waals surface area contributed by atoms with Gasteiger partial charge >= 0.3 is 0 Å². The summed E-state index contributed by atoms with van der Waals surface area (Å²) in [6.45, 7) is 1.90. The lowest BCUT2D eigenvalue weighted by molar-refractivity contribution is -0.100. The molecule has 2 aliphatic rings. The van der Waals surface area contributed by atoms with Crippen LogP contribution in [0.15, 0.2) is 36.5 Å². The van der Waals surface area contributed by atoms with Crippen LogP contribution in [-0.2, 0) is 9.47 Å². The van der Waals surface area contributed by atoms with Gasteiger partial charge in [-0.15, -0.1) is 0 Å². The Morgan fingerprint density at radius 2 is 1.92 bits per heavy atom. The molecule has 4 rings (SSSR count). The monoisotopic (exact) mass is 357 g/mol. The van der Waals surface area contributed by atoms with E-state index < -0.39 is 0 Å². The second-order valence-corrected chi connectivity index (χ2v) is 6.52. The third kappa shape index (κ3) is 3.32. The van der Waals surface area contributed by atoms with E-state index in [1.54, 1.807) is 24.1 Å². The van der Waals surface area contributed by atoms with Crippen LogP contribution in [0.2, 0.25) is 0 Å². The standard InChI is InChI=1S/C19H23N3O4/c1-24-15-7-5-14(6-8-15)22-11-9-16(20-22)18(23)21-10-3-2-4-17(21)19-25-12-13-26-19/h5-9,11,17,19H,2-4,10,12-13H2,1H3. The van der Waals surface area contributed by atoms with E-state index in [0.717, 1.165) is 30.7 Å². The van der Waals surface area contributed by atoms with Crippen LogP contribution in [0.4, 0.5) is 0 Å². The third-order valence-corrected chi connectivity index (χ3v) is 4.92. The Labute approximate surface area is 152 Å². The zero-order valence-electron chi connectivity index (χ0n) is 14.8. The Bertz CT molecular complexity index is 752. The molecular weight excluding hydrogens is 334 g/mol. The van der Waals surface area contributed by atoms with Crippen LogP contribution in [0.5, 0.6) is 5.75 Å². The smallest absolute Gasteiger partial charge is 0.274 e. The number of amides is 1. The highest BCUT2D eigenvalue weighted by Gasteiger charge is 2.37. The van der Waals surface area contributed by atoms with Crippen molar-refractivity contribution in [1.29, 1.82) is 0 Å². The molecule has 1 atom stereocenters. The first-order chi connectivity index (χ1) is 12.8. The molecule has 2 aliphatic heterocycles. The van der Waals surface area contributed by atoms with Gasteiger partial charge in [-0.05, 0) is 49.6 Å². The largest absolute Gasteiger partial charge is 0.497 e. The van der Waals surface area contributed by atoms with Crippen molar-refractivity contribution in [3.05, 3.63) is 42.2 Å². The van der Waals surface area contributed by atoms with Gasteiger partial charge in [-0.1, -0.05) is 0 Å². The number of ether oxygens (including phenoxy) is 3. The number of likely N-dealkylation sites (tertiary alicyclic amines) is 1. The van der Waals surface area contributed by atoms with Gasteiger partial charge in [-0.3, -0.25) is 4.79 Å². The van der Waals surface area contributed by atoms with E-state index in [9.17, 15) is 4.79 Å². The van der Waals surface area contributed by atoms with Crippen LogP contribution in [-0.4, -0.2) is 59.8 Å². The maximum Gasteiger partial charge on any atom is 0.274 e. The summed E-state index contributed by atoms with van der Waals surface area (Å²) in [5, 5.41) is 4.48. The fourth-order valence-electron chi connectivity index (χ4n) is 3.56. The van der Waals surface area contributed by atoms with Crippen molar-refractivity contribution in [2.45, 2.75) is 31.6 Å². The van der Waals surface area contributed by atoms with Crippen LogP contribution in [0.1, 0.15) is 29.8 Å². The van der Waals surface area contributed by atoms with Crippen molar-refractivity contribution in [2.75, 3.05) is 26.9 Å². The summed E-state index contributed by atoms with van der Waals surface area (Å²) in [7, 11) is 1.63. The number of nitrogens with zero attached hydrogens (tertiary/aromatic N) is 3. The number of methoxy groups -OCH3 is 1. The minimum atomic E-state index is -0.317. The van der Waals surface area contributed by atoms with Crippen molar-refractivity contribution in [1.82, 2.24) is 14.7 Å². The second kappa shape index (κ2) is 7.47. The molecule has 2 fully saturated rings. The second-order valence-electron chi connectivity index (χ2n) is 6.52. The first-order valence-electron chi connectivity index (χ1n) is 9.00. The van der Waals surface area contributed by atoms with Gasteiger partial charge in [0.25, 0.3) is 5.91 Å². The fraction of sp³-hybridized carbons (Fsp3) is 0.474. The topological polar surface area (TPSA) is 65.8 Å². The highest BCUT2D eigenvalue weighted by atomic mass is 16.7. The molecule has 26 heavy (non-hydrogen) atoms. The van der Waals surface area contributed by atoms with Crippen LogP contribution in [0.3, 0.4) is 0 Å². The minimum absolute atomic E-state index is 0.0371. The molecule has 0 bridgehead atoms. The molecule has 7 heteroatoms. The zero-order valence-corrected chi connectivity index (χ0v) is 14.8. The van der Waals surface area contributed by atoms with Gasteiger partial charge in [0, 0.05) is 12.7 Å². The van der Waals surface area contributed by atoms with E-state index in [1.165, 1.54) is 0 Å². The molecule has 0 N–H and O–H groups in total. The summed E-state index contributed by atoms with van der Waals surface area (Å²) in [5.74, 6) is 0.714. The molecular formula is C19H23N3O4. The number of aromatic nitrogens is 2. The Morgan fingerprint density at radius 1 is 1.15 bits per heavy atom. The predicted octanol–water partition coefficient (Wildman–Crippen LogP) is 2.25. The van der Waals surface area contributed by atoms with E-state index in [2.05, 4.69) is 5.10 Å². The van der Waals surface area contributed by atoms with Crippen LogP contribution in [0.25, 0.3) is 5.69 Å². The van der Waals surface area contributed by atoms with Crippen LogP contribution in [0, 0.1) is 0 Å². The molecule has 7 nitrogen and oxygen atoms in total. The normalized spacial score (nSPS) is 21.1. The highest BCUT2D eigenvalue weighted by Crippen LogP contribution is 2.26. The number of hydrogen-bond acceptors (Lipinski definition) is 5. The van der Waals surface area contributed by atoms with Crippen molar-refractivity contribution >= 4 is 5.91 Å². The predicted molar refractivity (Wildman–Crippen MR) is 94.5 cm³/mol.